The lowest BCUT2D eigenvalue weighted by molar-refractivity contribution is -0.140. The van der Waals surface area contributed by atoms with E-state index in [2.05, 4.69) is 55.5 Å². The number of amides is 2. The molecule has 1 heterocycles. The van der Waals surface area contributed by atoms with Gasteiger partial charge in [-0.2, -0.15) is 0 Å². The molecule has 0 bridgehead atoms. The summed E-state index contributed by atoms with van der Waals surface area (Å²) >= 11 is 0. The molecule has 0 spiro atoms. The first kappa shape index (κ1) is 21.1. The highest BCUT2D eigenvalue weighted by atomic mass is 16.5. The van der Waals surface area contributed by atoms with Crippen molar-refractivity contribution in [1.29, 1.82) is 0 Å². The van der Waals surface area contributed by atoms with Gasteiger partial charge in [-0.1, -0.05) is 54.1 Å². The van der Waals surface area contributed by atoms with Crippen molar-refractivity contribution in [3.63, 3.8) is 0 Å². The summed E-state index contributed by atoms with van der Waals surface area (Å²) in [7, 11) is 1.58. The van der Waals surface area contributed by atoms with Gasteiger partial charge in [0.05, 0.1) is 18.4 Å². The summed E-state index contributed by atoms with van der Waals surface area (Å²) in [5, 5.41) is 0. The van der Waals surface area contributed by atoms with E-state index in [-0.39, 0.29) is 11.8 Å². The largest absolute Gasteiger partial charge is 0.384 e. The number of rotatable bonds is 7. The molecule has 1 aliphatic heterocycles. The lowest BCUT2D eigenvalue weighted by Crippen LogP contribution is -2.53. The van der Waals surface area contributed by atoms with Crippen LogP contribution in [-0.2, 0) is 20.7 Å². The molecule has 1 saturated heterocycles. The molecule has 5 heteroatoms. The summed E-state index contributed by atoms with van der Waals surface area (Å²) < 4.78 is 5.01. The van der Waals surface area contributed by atoms with E-state index in [1.165, 1.54) is 11.1 Å². The number of carbonyl (C=O) groups is 2. The van der Waals surface area contributed by atoms with Crippen LogP contribution in [0.4, 0.5) is 0 Å². The van der Waals surface area contributed by atoms with Gasteiger partial charge in [0.1, 0.15) is 0 Å². The van der Waals surface area contributed by atoms with E-state index in [9.17, 15) is 9.59 Å². The summed E-state index contributed by atoms with van der Waals surface area (Å²) in [5.41, 5.74) is 9.73. The molecule has 0 saturated carbocycles. The number of ether oxygens (including phenoxy) is 1. The van der Waals surface area contributed by atoms with Gasteiger partial charge in [0.2, 0.25) is 11.8 Å². The van der Waals surface area contributed by atoms with Gasteiger partial charge in [0.25, 0.3) is 0 Å². The molecule has 1 aliphatic rings. The Kier molecular flexibility index (Phi) is 6.70. The zero-order chi connectivity index (χ0) is 20.9. The van der Waals surface area contributed by atoms with Crippen LogP contribution in [0, 0.1) is 12.3 Å². The summed E-state index contributed by atoms with van der Waals surface area (Å²) in [4.78, 5) is 26.7. The highest BCUT2D eigenvalue weighted by molar-refractivity contribution is 5.83. The number of methoxy groups -OCH3 is 1. The average Bonchev–Trinajstić information content (AvgIpc) is 2.73. The molecule has 2 N–H and O–H groups in total. The molecule has 0 radical (unpaired) electrons. The molecule has 2 aromatic carbocycles. The number of hydrogen-bond acceptors (Lipinski definition) is 3. The standard InChI is InChI=1S/C24H30N2O3/c1-18-4-8-20(9-5-18)21-10-6-19(7-11-21)16-24(23(25)28)13-3-14-26(17-24)22(27)12-15-29-2/h4-11H,3,12-17H2,1-2H3,(H2,25,28). The quantitative estimate of drug-likeness (QED) is 0.783. The fourth-order valence-corrected chi connectivity index (χ4v) is 4.08. The molecular formula is C24H30N2O3. The van der Waals surface area contributed by atoms with Gasteiger partial charge in [-0.25, -0.2) is 0 Å². The normalized spacial score (nSPS) is 19.2. The molecule has 0 aromatic heterocycles. The van der Waals surface area contributed by atoms with Crippen molar-refractivity contribution >= 4 is 11.8 Å². The first-order valence-electron chi connectivity index (χ1n) is 10.2. The Hall–Kier alpha value is -2.66. The molecule has 5 nitrogen and oxygen atoms in total. The van der Waals surface area contributed by atoms with Gasteiger partial charge in [0, 0.05) is 20.2 Å². The Morgan fingerprint density at radius 2 is 1.69 bits per heavy atom. The van der Waals surface area contributed by atoms with Gasteiger partial charge in [-0.05, 0) is 42.9 Å². The number of nitrogens with two attached hydrogens (primary N) is 1. The molecule has 1 unspecified atom stereocenters. The van der Waals surface area contributed by atoms with Crippen LogP contribution in [0.15, 0.2) is 48.5 Å². The second-order valence-corrected chi connectivity index (χ2v) is 8.05. The van der Waals surface area contributed by atoms with Crippen LogP contribution in [0.2, 0.25) is 0 Å². The fourth-order valence-electron chi connectivity index (χ4n) is 4.08. The molecule has 1 fully saturated rings. The maximum Gasteiger partial charge on any atom is 0.225 e. The zero-order valence-corrected chi connectivity index (χ0v) is 17.3. The number of carbonyl (C=O) groups excluding carboxylic acids is 2. The van der Waals surface area contributed by atoms with Crippen molar-refractivity contribution in [3.05, 3.63) is 59.7 Å². The molecule has 2 amide bonds. The molecule has 3 rings (SSSR count). The number of primary amides is 1. The first-order valence-corrected chi connectivity index (χ1v) is 10.2. The summed E-state index contributed by atoms with van der Waals surface area (Å²) in [6.07, 6.45) is 2.36. The minimum absolute atomic E-state index is 0.0203. The number of likely N-dealkylation sites (tertiary alicyclic amines) is 1. The topological polar surface area (TPSA) is 72.6 Å². The third-order valence-corrected chi connectivity index (χ3v) is 5.85. The maximum atomic E-state index is 12.4. The van der Waals surface area contributed by atoms with Crippen LogP contribution >= 0.6 is 0 Å². The van der Waals surface area contributed by atoms with Gasteiger partial charge >= 0.3 is 0 Å². The van der Waals surface area contributed by atoms with E-state index in [0.717, 1.165) is 17.5 Å². The van der Waals surface area contributed by atoms with E-state index < -0.39 is 5.41 Å². The van der Waals surface area contributed by atoms with Crippen molar-refractivity contribution < 1.29 is 14.3 Å². The Bertz CT molecular complexity index is 845. The third-order valence-electron chi connectivity index (χ3n) is 5.85. The lowest BCUT2D eigenvalue weighted by Gasteiger charge is -2.41. The zero-order valence-electron chi connectivity index (χ0n) is 17.3. The van der Waals surface area contributed by atoms with Gasteiger partial charge < -0.3 is 15.4 Å². The van der Waals surface area contributed by atoms with Crippen LogP contribution < -0.4 is 5.73 Å². The van der Waals surface area contributed by atoms with Crippen LogP contribution in [0.5, 0.6) is 0 Å². The van der Waals surface area contributed by atoms with Crippen molar-refractivity contribution in [2.75, 3.05) is 26.8 Å². The van der Waals surface area contributed by atoms with E-state index >= 15 is 0 Å². The predicted octanol–water partition coefficient (Wildman–Crippen LogP) is 3.34. The van der Waals surface area contributed by atoms with E-state index in [0.29, 0.717) is 39.0 Å². The summed E-state index contributed by atoms with van der Waals surface area (Å²) in [5.74, 6) is -0.309. The Balaban J connectivity index is 1.75. The van der Waals surface area contributed by atoms with Crippen LogP contribution in [0.3, 0.4) is 0 Å². The number of hydrogen-bond donors (Lipinski definition) is 1. The van der Waals surface area contributed by atoms with Gasteiger partial charge in [0.15, 0.2) is 0 Å². The summed E-state index contributed by atoms with van der Waals surface area (Å²) in [6, 6.07) is 16.7. The maximum absolute atomic E-state index is 12.4. The number of aryl methyl sites for hydroxylation is 1. The van der Waals surface area contributed by atoms with E-state index in [4.69, 9.17) is 10.5 Å². The Morgan fingerprint density at radius 1 is 1.07 bits per heavy atom. The number of piperidine rings is 1. The average molecular weight is 395 g/mol. The minimum Gasteiger partial charge on any atom is -0.384 e. The molecule has 1 atom stereocenters. The second kappa shape index (κ2) is 9.23. The second-order valence-electron chi connectivity index (χ2n) is 8.05. The molecular weight excluding hydrogens is 364 g/mol. The number of benzene rings is 2. The molecule has 29 heavy (non-hydrogen) atoms. The third kappa shape index (κ3) is 5.04. The van der Waals surface area contributed by atoms with Gasteiger partial charge in [-0.3, -0.25) is 9.59 Å². The Morgan fingerprint density at radius 3 is 2.28 bits per heavy atom. The van der Waals surface area contributed by atoms with Crippen LogP contribution in [0.1, 0.15) is 30.4 Å². The van der Waals surface area contributed by atoms with Crippen molar-refractivity contribution in [2.24, 2.45) is 11.1 Å². The van der Waals surface area contributed by atoms with Crippen LogP contribution in [0.25, 0.3) is 11.1 Å². The predicted molar refractivity (Wildman–Crippen MR) is 114 cm³/mol. The first-order chi connectivity index (χ1) is 13.9. The fraction of sp³-hybridized carbons (Fsp3) is 0.417. The van der Waals surface area contributed by atoms with Crippen molar-refractivity contribution in [1.82, 2.24) is 4.90 Å². The monoisotopic (exact) mass is 394 g/mol. The van der Waals surface area contributed by atoms with Crippen LogP contribution in [-0.4, -0.2) is 43.5 Å². The highest BCUT2D eigenvalue weighted by Gasteiger charge is 2.42. The summed E-state index contributed by atoms with van der Waals surface area (Å²) in [6.45, 7) is 3.51. The number of nitrogens with zero attached hydrogens (tertiary/aromatic N) is 1. The van der Waals surface area contributed by atoms with Crippen molar-refractivity contribution in [2.45, 2.75) is 32.6 Å². The molecule has 154 valence electrons. The SMILES string of the molecule is COCCC(=O)N1CCCC(Cc2ccc(-c3ccc(C)cc3)cc2)(C(N)=O)C1. The van der Waals surface area contributed by atoms with E-state index in [1.807, 2.05) is 0 Å². The smallest absolute Gasteiger partial charge is 0.225 e. The minimum atomic E-state index is -0.716. The van der Waals surface area contributed by atoms with Crippen molar-refractivity contribution in [3.8, 4) is 11.1 Å². The van der Waals surface area contributed by atoms with Gasteiger partial charge in [-0.15, -0.1) is 0 Å². The highest BCUT2D eigenvalue weighted by Crippen LogP contribution is 2.34. The van der Waals surface area contributed by atoms with E-state index in [1.54, 1.807) is 12.0 Å². The lowest BCUT2D eigenvalue weighted by atomic mass is 9.74. The molecule has 0 aliphatic carbocycles. The molecule has 2 aromatic rings. The Labute approximate surface area is 172 Å².